The first-order chi connectivity index (χ1) is 18.7. The van der Waals surface area contributed by atoms with Crippen LogP contribution in [-0.4, -0.2) is 58.6 Å². The molecule has 0 radical (unpaired) electrons. The molecule has 3 saturated carbocycles. The molecule has 40 heavy (non-hydrogen) atoms. The highest BCUT2D eigenvalue weighted by atomic mass is 35.5. The van der Waals surface area contributed by atoms with Crippen LogP contribution in [0.3, 0.4) is 0 Å². The minimum atomic E-state index is -2.37. The largest absolute Gasteiger partial charge is 0.493 e. The van der Waals surface area contributed by atoms with Gasteiger partial charge in [-0.15, -0.1) is 11.3 Å². The number of thioether (sulfide) groups is 1. The molecule has 0 aromatic carbocycles. The average Bonchev–Trinajstić information content (AvgIpc) is 3.37. The Bertz CT molecular complexity index is 1330. The minimum Gasteiger partial charge on any atom is -0.493 e. The van der Waals surface area contributed by atoms with Gasteiger partial charge in [-0.1, -0.05) is 31.5 Å². The summed E-state index contributed by atoms with van der Waals surface area (Å²) in [5, 5.41) is 12.2. The highest BCUT2D eigenvalue weighted by molar-refractivity contribution is 8.13. The van der Waals surface area contributed by atoms with E-state index in [0.29, 0.717) is 11.8 Å². The van der Waals surface area contributed by atoms with Crippen LogP contribution in [0.1, 0.15) is 50.4 Å². The van der Waals surface area contributed by atoms with E-state index >= 15 is 8.78 Å². The predicted octanol–water partition coefficient (Wildman–Crippen LogP) is 6.06. The first-order valence-electron chi connectivity index (χ1n) is 13.0. The fraction of sp³-hybridized carbons (Fsp3) is 0.607. The molecule has 1 unspecified atom stereocenters. The van der Waals surface area contributed by atoms with Crippen molar-refractivity contribution in [3.63, 3.8) is 0 Å². The Hall–Kier alpha value is -1.82. The molecule has 6 nitrogen and oxygen atoms in total. The van der Waals surface area contributed by atoms with Crippen LogP contribution in [0.5, 0.6) is 5.75 Å². The Morgan fingerprint density at radius 3 is 2.62 bits per heavy atom. The molecule has 4 aliphatic rings. The van der Waals surface area contributed by atoms with Crippen molar-refractivity contribution in [1.82, 2.24) is 0 Å². The summed E-state index contributed by atoms with van der Waals surface area (Å²) in [6.07, 6.45) is -0.236. The molecule has 12 heteroatoms. The van der Waals surface area contributed by atoms with Gasteiger partial charge in [0.15, 0.2) is 22.8 Å². The lowest BCUT2D eigenvalue weighted by molar-refractivity contribution is -0.221. The molecule has 1 aromatic heterocycles. The first kappa shape index (κ1) is 29.7. The van der Waals surface area contributed by atoms with Crippen LogP contribution in [0.15, 0.2) is 29.2 Å². The zero-order chi connectivity index (χ0) is 29.4. The maximum Gasteiger partial charge on any atom is 0.343 e. The molecular weight excluding hydrogens is 589 g/mol. The molecule has 9 atom stereocenters. The topological polar surface area (TPSA) is 89.9 Å². The van der Waals surface area contributed by atoms with Crippen molar-refractivity contribution in [3.05, 3.63) is 39.1 Å². The number of methoxy groups -OCH3 is 1. The van der Waals surface area contributed by atoms with E-state index in [1.54, 1.807) is 13.8 Å². The van der Waals surface area contributed by atoms with Gasteiger partial charge < -0.3 is 14.6 Å². The van der Waals surface area contributed by atoms with Crippen LogP contribution in [0.2, 0.25) is 4.34 Å². The predicted molar refractivity (Wildman–Crippen MR) is 146 cm³/mol. The molecule has 0 saturated heterocycles. The minimum absolute atomic E-state index is 0.0179. The summed E-state index contributed by atoms with van der Waals surface area (Å²) in [4.78, 5) is 39.4. The number of aliphatic hydroxyl groups excluding tert-OH is 1. The summed E-state index contributed by atoms with van der Waals surface area (Å²) in [6, 6.07) is -1.09. The number of halogens is 4. The molecule has 5 rings (SSSR count). The smallest absolute Gasteiger partial charge is 0.343 e. The van der Waals surface area contributed by atoms with Crippen molar-refractivity contribution in [1.29, 1.82) is 0 Å². The number of esters is 1. The van der Waals surface area contributed by atoms with Crippen LogP contribution >= 0.6 is 34.7 Å². The summed E-state index contributed by atoms with van der Waals surface area (Å²) in [5.41, 5.74) is -7.35. The van der Waals surface area contributed by atoms with Crippen molar-refractivity contribution < 1.29 is 42.1 Å². The lowest BCUT2D eigenvalue weighted by Crippen LogP contribution is -2.70. The Balaban J connectivity index is 1.63. The van der Waals surface area contributed by atoms with Crippen LogP contribution in [0.4, 0.5) is 13.2 Å². The summed E-state index contributed by atoms with van der Waals surface area (Å²) in [6.45, 7) is 4.78. The number of carbonyl (C=O) groups excluding carboxylic acids is 3. The Morgan fingerprint density at radius 1 is 1.27 bits per heavy atom. The van der Waals surface area contributed by atoms with Crippen LogP contribution in [-0.2, 0) is 14.3 Å². The van der Waals surface area contributed by atoms with E-state index in [2.05, 4.69) is 0 Å². The number of hydrogen-bond acceptors (Lipinski definition) is 8. The second-order valence-electron chi connectivity index (χ2n) is 11.6. The number of aliphatic hydroxyl groups is 1. The van der Waals surface area contributed by atoms with Gasteiger partial charge in [0.25, 0.3) is 0 Å². The third kappa shape index (κ3) is 3.69. The van der Waals surface area contributed by atoms with Gasteiger partial charge in [0.1, 0.15) is 22.1 Å². The van der Waals surface area contributed by atoms with Crippen molar-refractivity contribution >= 4 is 51.6 Å². The fourth-order valence-corrected chi connectivity index (χ4v) is 10.1. The molecule has 1 heterocycles. The van der Waals surface area contributed by atoms with E-state index in [4.69, 9.17) is 21.1 Å². The van der Waals surface area contributed by atoms with Crippen LogP contribution in [0, 0.1) is 28.6 Å². The van der Waals surface area contributed by atoms with E-state index in [0.717, 1.165) is 17.4 Å². The maximum absolute atomic E-state index is 17.5. The number of ether oxygens (including phenoxy) is 2. The van der Waals surface area contributed by atoms with Gasteiger partial charge in [0.05, 0.1) is 13.2 Å². The van der Waals surface area contributed by atoms with E-state index in [-0.39, 0.29) is 40.5 Å². The van der Waals surface area contributed by atoms with Gasteiger partial charge in [-0.3, -0.25) is 9.59 Å². The number of allylic oxidation sites excluding steroid dienone is 4. The Labute approximate surface area is 243 Å². The highest BCUT2D eigenvalue weighted by Gasteiger charge is 2.78. The number of hydrogen-bond donors (Lipinski definition) is 1. The monoisotopic (exact) mass is 618 g/mol. The van der Waals surface area contributed by atoms with Crippen LogP contribution in [0.25, 0.3) is 0 Å². The molecule has 0 spiro atoms. The number of rotatable bonds is 5. The Morgan fingerprint density at radius 2 is 1.98 bits per heavy atom. The SMILES string of the molecule is COc1c(C(=O)O[C@]2(C(=O)SCF)C(C)C[C@H]3[C@@H]4C[C@H](F)C5=CC(=O)C=C[C@]5(C)[C@@]4(F)[C@@H](O)C[C@@]32C)csc1Cl. The van der Waals surface area contributed by atoms with Crippen molar-refractivity contribution in [2.75, 3.05) is 13.1 Å². The zero-order valence-electron chi connectivity index (χ0n) is 22.3. The number of carbonyl (C=O) groups is 3. The molecule has 218 valence electrons. The molecular formula is C28H30ClF3O6S2. The van der Waals surface area contributed by atoms with E-state index in [9.17, 15) is 23.9 Å². The van der Waals surface area contributed by atoms with E-state index < -0.39 is 75.0 Å². The second-order valence-corrected chi connectivity index (χ2v) is 14.0. The molecule has 3 fully saturated rings. The van der Waals surface area contributed by atoms with Gasteiger partial charge in [-0.25, -0.2) is 18.0 Å². The molecule has 1 N–H and O–H groups in total. The molecule has 1 aromatic rings. The van der Waals surface area contributed by atoms with E-state index in [1.165, 1.54) is 31.6 Å². The molecule has 4 aliphatic carbocycles. The van der Waals surface area contributed by atoms with Gasteiger partial charge >= 0.3 is 5.97 Å². The normalized spacial score (nSPS) is 42.0. The second kappa shape index (κ2) is 9.88. The third-order valence-electron chi connectivity index (χ3n) is 10.0. The number of thiophene rings is 1. The number of alkyl halides is 3. The standard InChI is InChI=1S/C28H30ClF3O6S2/c1-13-7-16-17-9-19(31)18-8-14(33)5-6-25(18,2)27(17,32)20(34)10-26(16,3)28(13,24(36)40-12-30)38-23(35)15-11-39-22(29)21(15)37-4/h5-6,8,11,13,16-17,19-20,34H,7,9-10,12H2,1-4H3/t13?,16-,17-,19-,20-,25-,26-,27-,28-/m0/s1. The summed E-state index contributed by atoms with van der Waals surface area (Å²) in [5.74, 6) is -3.85. The summed E-state index contributed by atoms with van der Waals surface area (Å²) >= 11 is 7.52. The average molecular weight is 619 g/mol. The summed E-state index contributed by atoms with van der Waals surface area (Å²) in [7, 11) is 1.32. The molecule has 0 bridgehead atoms. The van der Waals surface area contributed by atoms with E-state index in [1.807, 2.05) is 0 Å². The van der Waals surface area contributed by atoms with Gasteiger partial charge in [0, 0.05) is 28.0 Å². The van der Waals surface area contributed by atoms with Gasteiger partial charge in [0.2, 0.25) is 5.12 Å². The van der Waals surface area contributed by atoms with Crippen molar-refractivity contribution in [3.8, 4) is 5.75 Å². The lowest BCUT2D eigenvalue weighted by Gasteiger charge is -2.63. The van der Waals surface area contributed by atoms with Crippen LogP contribution < -0.4 is 4.74 Å². The van der Waals surface area contributed by atoms with Crippen molar-refractivity contribution in [2.24, 2.45) is 28.6 Å². The first-order valence-corrected chi connectivity index (χ1v) is 15.2. The lowest BCUT2D eigenvalue weighted by atomic mass is 9.44. The fourth-order valence-electron chi connectivity index (χ4n) is 8.23. The molecule has 0 aliphatic heterocycles. The highest BCUT2D eigenvalue weighted by Crippen LogP contribution is 2.72. The maximum atomic E-state index is 17.5. The summed E-state index contributed by atoms with van der Waals surface area (Å²) < 4.78 is 58.4. The van der Waals surface area contributed by atoms with Crippen molar-refractivity contribution in [2.45, 2.75) is 63.6 Å². The van der Waals surface area contributed by atoms with Gasteiger partial charge in [-0.05, 0) is 61.6 Å². The number of fused-ring (bicyclic) bond motifs is 5. The quantitative estimate of drug-likeness (QED) is 0.402. The third-order valence-corrected chi connectivity index (χ3v) is 11.9. The Kier molecular flexibility index (Phi) is 7.33. The van der Waals surface area contributed by atoms with Gasteiger partial charge in [-0.2, -0.15) is 0 Å². The number of ketones is 1. The zero-order valence-corrected chi connectivity index (χ0v) is 24.7. The molecule has 0 amide bonds.